The molecule has 17 heavy (non-hydrogen) atoms. The molecule has 2 heteroatoms. The molecule has 1 aromatic carbocycles. The minimum absolute atomic E-state index is 0.0178. The van der Waals surface area contributed by atoms with Crippen molar-refractivity contribution in [2.45, 2.75) is 58.9 Å². The molecule has 0 unspecified atom stereocenters. The van der Waals surface area contributed by atoms with Crippen LogP contribution in [0.3, 0.4) is 0 Å². The quantitative estimate of drug-likeness (QED) is 0.783. The van der Waals surface area contributed by atoms with Crippen molar-refractivity contribution in [3.05, 3.63) is 28.8 Å². The molecule has 0 radical (unpaired) electrons. The summed E-state index contributed by atoms with van der Waals surface area (Å²) in [6.07, 6.45) is 0. The average Bonchev–Trinajstić information content (AvgIpc) is 2.13. The second-order valence-electron chi connectivity index (χ2n) is 6.69. The predicted molar refractivity (Wildman–Crippen MR) is 73.4 cm³/mol. The van der Waals surface area contributed by atoms with Gasteiger partial charge in [-0.1, -0.05) is 47.6 Å². The number of phenolic OH excluding ortho intramolecular Hbond substituents is 1. The SMILES string of the molecule is CC(C)(C)c1ccc(O)c(CN)c1C(C)(C)C. The molecular weight excluding hydrogens is 210 g/mol. The first-order valence-electron chi connectivity index (χ1n) is 6.15. The maximum absolute atomic E-state index is 9.96. The molecule has 0 saturated heterocycles. The third kappa shape index (κ3) is 2.81. The fourth-order valence-electron chi connectivity index (χ4n) is 2.33. The van der Waals surface area contributed by atoms with Crippen molar-refractivity contribution in [2.75, 3.05) is 0 Å². The second kappa shape index (κ2) is 4.34. The standard InChI is InChI=1S/C15H25NO/c1-14(2,3)11-7-8-12(17)10(9-16)13(11)15(4,5)6/h7-8,17H,9,16H2,1-6H3. The monoisotopic (exact) mass is 235 g/mol. The Balaban J connectivity index is 3.64. The van der Waals surface area contributed by atoms with E-state index in [1.807, 2.05) is 6.07 Å². The van der Waals surface area contributed by atoms with Crippen molar-refractivity contribution in [1.82, 2.24) is 0 Å². The molecule has 0 saturated carbocycles. The van der Waals surface area contributed by atoms with Crippen LogP contribution in [0, 0.1) is 0 Å². The molecule has 96 valence electrons. The highest BCUT2D eigenvalue weighted by Gasteiger charge is 2.28. The van der Waals surface area contributed by atoms with Crippen LogP contribution in [0.4, 0.5) is 0 Å². The summed E-state index contributed by atoms with van der Waals surface area (Å²) < 4.78 is 0. The Hall–Kier alpha value is -1.02. The number of phenols is 1. The molecule has 0 atom stereocenters. The smallest absolute Gasteiger partial charge is 0.120 e. The lowest BCUT2D eigenvalue weighted by atomic mass is 9.73. The maximum atomic E-state index is 9.96. The van der Waals surface area contributed by atoms with Crippen molar-refractivity contribution in [2.24, 2.45) is 5.73 Å². The lowest BCUT2D eigenvalue weighted by Gasteiger charge is -2.32. The third-order valence-electron chi connectivity index (χ3n) is 3.05. The molecule has 0 aliphatic heterocycles. The van der Waals surface area contributed by atoms with Crippen LogP contribution < -0.4 is 5.73 Å². The van der Waals surface area contributed by atoms with Crippen LogP contribution >= 0.6 is 0 Å². The Bertz CT molecular complexity index is 408. The normalized spacial score (nSPS) is 12.9. The summed E-state index contributed by atoms with van der Waals surface area (Å²) in [7, 11) is 0. The van der Waals surface area contributed by atoms with E-state index < -0.39 is 0 Å². The van der Waals surface area contributed by atoms with Gasteiger partial charge < -0.3 is 10.8 Å². The second-order valence-corrected chi connectivity index (χ2v) is 6.69. The summed E-state index contributed by atoms with van der Waals surface area (Å²) in [4.78, 5) is 0. The summed E-state index contributed by atoms with van der Waals surface area (Å²) in [5.74, 6) is 0.311. The number of hydrogen-bond acceptors (Lipinski definition) is 2. The molecule has 2 nitrogen and oxygen atoms in total. The van der Waals surface area contributed by atoms with Crippen molar-refractivity contribution in [3.63, 3.8) is 0 Å². The van der Waals surface area contributed by atoms with E-state index in [2.05, 4.69) is 41.5 Å². The molecule has 0 bridgehead atoms. The zero-order chi connectivity index (χ0) is 13.4. The fraction of sp³-hybridized carbons (Fsp3) is 0.600. The van der Waals surface area contributed by atoms with Crippen LogP contribution in [0.1, 0.15) is 58.2 Å². The zero-order valence-electron chi connectivity index (χ0n) is 11.9. The van der Waals surface area contributed by atoms with Crippen molar-refractivity contribution in [3.8, 4) is 5.75 Å². The average molecular weight is 235 g/mol. The molecule has 0 aliphatic rings. The molecule has 0 amide bonds. The number of rotatable bonds is 1. The molecule has 0 heterocycles. The largest absolute Gasteiger partial charge is 0.508 e. The van der Waals surface area contributed by atoms with Gasteiger partial charge in [-0.05, 0) is 28.0 Å². The molecule has 3 N–H and O–H groups in total. The molecule has 0 aromatic heterocycles. The van der Waals surface area contributed by atoms with Gasteiger partial charge in [0.25, 0.3) is 0 Å². The number of hydrogen-bond donors (Lipinski definition) is 2. The van der Waals surface area contributed by atoms with Crippen molar-refractivity contribution < 1.29 is 5.11 Å². The predicted octanol–water partition coefficient (Wildman–Crippen LogP) is 3.45. The number of benzene rings is 1. The van der Waals surface area contributed by atoms with E-state index in [1.165, 1.54) is 11.1 Å². The Labute approximate surface area is 105 Å². The van der Waals surface area contributed by atoms with Crippen LogP contribution in [0.2, 0.25) is 0 Å². The first-order valence-corrected chi connectivity index (χ1v) is 6.15. The van der Waals surface area contributed by atoms with E-state index in [0.29, 0.717) is 12.3 Å². The van der Waals surface area contributed by atoms with Crippen LogP contribution in [-0.4, -0.2) is 5.11 Å². The fourth-order valence-corrected chi connectivity index (χ4v) is 2.33. The lowest BCUT2D eigenvalue weighted by molar-refractivity contribution is 0.456. The zero-order valence-corrected chi connectivity index (χ0v) is 11.9. The lowest BCUT2D eigenvalue weighted by Crippen LogP contribution is -2.24. The van der Waals surface area contributed by atoms with Gasteiger partial charge in [0.05, 0.1) is 0 Å². The molecular formula is C15H25NO. The summed E-state index contributed by atoms with van der Waals surface area (Å²) in [6.45, 7) is 13.4. The van der Waals surface area contributed by atoms with E-state index in [-0.39, 0.29) is 10.8 Å². The Kier molecular flexibility index (Phi) is 3.58. The number of aromatic hydroxyl groups is 1. The van der Waals surface area contributed by atoms with Crippen LogP contribution in [0.15, 0.2) is 12.1 Å². The highest BCUT2D eigenvalue weighted by atomic mass is 16.3. The van der Waals surface area contributed by atoms with E-state index in [1.54, 1.807) is 6.07 Å². The first kappa shape index (κ1) is 14.0. The van der Waals surface area contributed by atoms with Gasteiger partial charge in [0.2, 0.25) is 0 Å². The van der Waals surface area contributed by atoms with E-state index in [9.17, 15) is 5.11 Å². The molecule has 1 aromatic rings. The summed E-state index contributed by atoms with van der Waals surface area (Å²) in [5.41, 5.74) is 9.17. The van der Waals surface area contributed by atoms with Gasteiger partial charge in [-0.3, -0.25) is 0 Å². The highest BCUT2D eigenvalue weighted by molar-refractivity contribution is 5.50. The number of nitrogens with two attached hydrogens (primary N) is 1. The summed E-state index contributed by atoms with van der Waals surface area (Å²) >= 11 is 0. The summed E-state index contributed by atoms with van der Waals surface area (Å²) in [6, 6.07) is 3.78. The van der Waals surface area contributed by atoms with E-state index in [0.717, 1.165) is 5.56 Å². The van der Waals surface area contributed by atoms with Gasteiger partial charge in [-0.25, -0.2) is 0 Å². The first-order chi connectivity index (χ1) is 7.59. The van der Waals surface area contributed by atoms with Gasteiger partial charge in [0.15, 0.2) is 0 Å². The molecule has 0 fully saturated rings. The molecule has 0 spiro atoms. The van der Waals surface area contributed by atoms with E-state index >= 15 is 0 Å². The minimum atomic E-state index is -0.0178. The van der Waals surface area contributed by atoms with Gasteiger partial charge in [-0.15, -0.1) is 0 Å². The Morgan fingerprint density at radius 1 is 1.00 bits per heavy atom. The topological polar surface area (TPSA) is 46.2 Å². The highest BCUT2D eigenvalue weighted by Crippen LogP contribution is 2.39. The maximum Gasteiger partial charge on any atom is 0.120 e. The van der Waals surface area contributed by atoms with Gasteiger partial charge >= 0.3 is 0 Å². The van der Waals surface area contributed by atoms with Gasteiger partial charge in [0.1, 0.15) is 5.75 Å². The van der Waals surface area contributed by atoms with Crippen LogP contribution in [-0.2, 0) is 17.4 Å². The molecule has 0 aliphatic carbocycles. The third-order valence-corrected chi connectivity index (χ3v) is 3.05. The van der Waals surface area contributed by atoms with Crippen molar-refractivity contribution >= 4 is 0 Å². The summed E-state index contributed by atoms with van der Waals surface area (Å²) in [5, 5.41) is 9.96. The van der Waals surface area contributed by atoms with Crippen LogP contribution in [0.25, 0.3) is 0 Å². The van der Waals surface area contributed by atoms with E-state index in [4.69, 9.17) is 5.73 Å². The van der Waals surface area contributed by atoms with Gasteiger partial charge in [-0.2, -0.15) is 0 Å². The Morgan fingerprint density at radius 2 is 1.53 bits per heavy atom. The molecule has 1 rings (SSSR count). The van der Waals surface area contributed by atoms with Gasteiger partial charge in [0, 0.05) is 12.1 Å². The Morgan fingerprint density at radius 3 is 1.88 bits per heavy atom. The van der Waals surface area contributed by atoms with Crippen molar-refractivity contribution in [1.29, 1.82) is 0 Å². The minimum Gasteiger partial charge on any atom is -0.508 e. The van der Waals surface area contributed by atoms with Crippen LogP contribution in [0.5, 0.6) is 5.75 Å².